The summed E-state index contributed by atoms with van der Waals surface area (Å²) in [7, 11) is 6.01. The smallest absolute Gasteiger partial charge is 0.183 e. The van der Waals surface area contributed by atoms with E-state index in [0.29, 0.717) is 14.7 Å². The Morgan fingerprint density at radius 3 is 3.15 bits per heavy atom. The molecule has 1 N–H and O–H groups in total. The molecular formula is C13H15BBrN3S2. The van der Waals surface area contributed by atoms with Crippen LogP contribution >= 0.6 is 39.5 Å². The summed E-state index contributed by atoms with van der Waals surface area (Å²) in [4.78, 5) is 11.3. The van der Waals surface area contributed by atoms with Crippen LogP contribution in [-0.4, -0.2) is 44.0 Å². The van der Waals surface area contributed by atoms with Crippen molar-refractivity contribution in [3.05, 3.63) is 23.8 Å². The van der Waals surface area contributed by atoms with Crippen LogP contribution in [0.2, 0.25) is 0 Å². The lowest BCUT2D eigenvalue weighted by Gasteiger charge is -2.17. The van der Waals surface area contributed by atoms with Crippen molar-refractivity contribution in [3.63, 3.8) is 0 Å². The molecule has 104 valence electrons. The molecule has 2 radical (unpaired) electrons. The van der Waals surface area contributed by atoms with Crippen molar-refractivity contribution < 1.29 is 0 Å². The molecule has 4 heterocycles. The van der Waals surface area contributed by atoms with Crippen LogP contribution in [0.3, 0.4) is 0 Å². The highest BCUT2D eigenvalue weighted by Gasteiger charge is 2.38. The number of aromatic amines is 1. The highest BCUT2D eigenvalue weighted by Crippen LogP contribution is 2.53. The van der Waals surface area contributed by atoms with Crippen molar-refractivity contribution in [3.8, 4) is 0 Å². The monoisotopic (exact) mass is 367 g/mol. The number of hydrogen-bond donors (Lipinski definition) is 1. The topological polar surface area (TPSA) is 31.9 Å². The van der Waals surface area contributed by atoms with E-state index >= 15 is 0 Å². The summed E-state index contributed by atoms with van der Waals surface area (Å²) in [6.45, 7) is 0.964. The Balaban J connectivity index is 1.53. The van der Waals surface area contributed by atoms with Gasteiger partial charge in [0.25, 0.3) is 0 Å². The molecule has 0 saturated carbocycles. The lowest BCUT2D eigenvalue weighted by molar-refractivity contribution is 0.418. The van der Waals surface area contributed by atoms with E-state index in [9.17, 15) is 0 Å². The van der Waals surface area contributed by atoms with Gasteiger partial charge in [-0.15, -0.1) is 23.5 Å². The number of imidazole rings is 1. The SMILES string of the molecule is [B]N1CCC[C@H]1c1ncc(C2=CC3SC(Br)CC3S2)[nH]1. The van der Waals surface area contributed by atoms with Crippen molar-refractivity contribution in [1.29, 1.82) is 0 Å². The van der Waals surface area contributed by atoms with Gasteiger partial charge in [0.05, 0.1) is 22.1 Å². The van der Waals surface area contributed by atoms with Crippen LogP contribution in [0.15, 0.2) is 12.3 Å². The molecule has 2 saturated heterocycles. The minimum absolute atomic E-state index is 0.261. The number of rotatable bonds is 2. The van der Waals surface area contributed by atoms with Crippen LogP contribution in [0.5, 0.6) is 0 Å². The van der Waals surface area contributed by atoms with Crippen molar-refractivity contribution in [2.75, 3.05) is 6.54 Å². The first-order valence-corrected chi connectivity index (χ1v) is 9.69. The molecule has 1 aromatic rings. The molecule has 3 aliphatic heterocycles. The highest BCUT2D eigenvalue weighted by atomic mass is 79.9. The highest BCUT2D eigenvalue weighted by molar-refractivity contribution is 9.11. The third-order valence-electron chi connectivity index (χ3n) is 4.15. The summed E-state index contributed by atoms with van der Waals surface area (Å²) in [6, 6.07) is 0.261. The number of fused-ring (bicyclic) bond motifs is 1. The molecule has 3 aliphatic rings. The molecule has 4 atom stereocenters. The largest absolute Gasteiger partial charge is 0.345 e. The van der Waals surface area contributed by atoms with Crippen LogP contribution in [0.25, 0.3) is 4.91 Å². The molecule has 4 rings (SSSR count). The predicted octanol–water partition coefficient (Wildman–Crippen LogP) is 3.31. The van der Waals surface area contributed by atoms with Gasteiger partial charge >= 0.3 is 0 Å². The molecule has 0 bridgehead atoms. The third-order valence-corrected chi connectivity index (χ3v) is 8.01. The van der Waals surface area contributed by atoms with E-state index in [1.165, 1.54) is 11.3 Å². The summed E-state index contributed by atoms with van der Waals surface area (Å²) in [5.74, 6) is 1.02. The average Bonchev–Trinajstić information content (AvgIpc) is 3.09. The number of halogens is 1. The standard InChI is InChI=1S/C13H15BBrN3S2/c14-18-3-1-2-8(18)13-16-6-7(17-13)9-4-10-11(19-9)5-12(15)20-10/h4,6,8,10-12H,1-3,5H2,(H,16,17)/t8-,10?,11?,12?/m0/s1. The van der Waals surface area contributed by atoms with Crippen LogP contribution in [0.1, 0.15) is 36.8 Å². The number of thioether (sulfide) groups is 2. The van der Waals surface area contributed by atoms with Gasteiger partial charge in [0.1, 0.15) is 5.82 Å². The van der Waals surface area contributed by atoms with Gasteiger partial charge in [-0.05, 0) is 25.8 Å². The fraction of sp³-hybridized carbons (Fsp3) is 0.615. The predicted molar refractivity (Wildman–Crippen MR) is 91.1 cm³/mol. The van der Waals surface area contributed by atoms with Crippen molar-refractivity contribution in [1.82, 2.24) is 14.8 Å². The Hall–Kier alpha value is 0.155. The van der Waals surface area contributed by atoms with Gasteiger partial charge in [0.15, 0.2) is 7.98 Å². The Morgan fingerprint density at radius 1 is 1.50 bits per heavy atom. The van der Waals surface area contributed by atoms with E-state index < -0.39 is 0 Å². The summed E-state index contributed by atoms with van der Waals surface area (Å²) in [5.41, 5.74) is 1.16. The van der Waals surface area contributed by atoms with Gasteiger partial charge in [-0.1, -0.05) is 22.0 Å². The van der Waals surface area contributed by atoms with Crippen LogP contribution in [0, 0.1) is 0 Å². The maximum Gasteiger partial charge on any atom is 0.183 e. The molecule has 2 fully saturated rings. The number of alkyl halides is 1. The Morgan fingerprint density at radius 2 is 2.40 bits per heavy atom. The summed E-state index contributed by atoms with van der Waals surface area (Å²) < 4.78 is 0.615. The van der Waals surface area contributed by atoms with Crippen LogP contribution < -0.4 is 0 Å². The van der Waals surface area contributed by atoms with Crippen LogP contribution in [0.4, 0.5) is 0 Å². The summed E-state index contributed by atoms with van der Waals surface area (Å²) in [5, 5.41) is 1.35. The quantitative estimate of drug-likeness (QED) is 0.641. The first kappa shape index (κ1) is 13.8. The normalized spacial score (nSPS) is 37.4. The van der Waals surface area contributed by atoms with Gasteiger partial charge in [-0.3, -0.25) is 0 Å². The molecule has 0 aliphatic carbocycles. The number of nitrogens with zero attached hydrogens (tertiary/aromatic N) is 2. The molecule has 7 heteroatoms. The molecule has 0 aromatic carbocycles. The maximum absolute atomic E-state index is 6.01. The molecule has 1 aromatic heterocycles. The second-order valence-electron chi connectivity index (χ2n) is 5.51. The maximum atomic E-state index is 6.01. The number of nitrogens with one attached hydrogen (secondary N) is 1. The van der Waals surface area contributed by atoms with E-state index in [-0.39, 0.29) is 6.04 Å². The van der Waals surface area contributed by atoms with Gasteiger partial charge in [-0.2, -0.15) is 0 Å². The van der Waals surface area contributed by atoms with E-state index in [2.05, 4.69) is 32.0 Å². The molecule has 0 amide bonds. The van der Waals surface area contributed by atoms with Gasteiger partial charge in [0.2, 0.25) is 0 Å². The number of H-pyrrole nitrogens is 1. The Labute approximate surface area is 137 Å². The summed E-state index contributed by atoms with van der Waals surface area (Å²) in [6.07, 6.45) is 7.86. The molecule has 3 nitrogen and oxygen atoms in total. The molecule has 3 unspecified atom stereocenters. The second kappa shape index (κ2) is 5.41. The Bertz CT molecular complexity index is 549. The third kappa shape index (κ3) is 2.40. The van der Waals surface area contributed by atoms with E-state index in [4.69, 9.17) is 7.98 Å². The zero-order valence-electron chi connectivity index (χ0n) is 11.0. The fourth-order valence-corrected chi connectivity index (χ4v) is 7.52. The zero-order valence-corrected chi connectivity index (χ0v) is 14.2. The van der Waals surface area contributed by atoms with Crippen molar-refractivity contribution in [2.24, 2.45) is 0 Å². The Kier molecular flexibility index (Phi) is 3.73. The minimum Gasteiger partial charge on any atom is -0.345 e. The minimum atomic E-state index is 0.261. The van der Waals surface area contributed by atoms with E-state index in [1.807, 2.05) is 34.5 Å². The fourth-order valence-electron chi connectivity index (χ4n) is 3.11. The molecular weight excluding hydrogens is 353 g/mol. The molecule has 20 heavy (non-hydrogen) atoms. The first-order valence-electron chi connectivity index (χ1n) is 6.95. The summed E-state index contributed by atoms with van der Waals surface area (Å²) >= 11 is 7.72. The van der Waals surface area contributed by atoms with Crippen LogP contribution in [-0.2, 0) is 0 Å². The van der Waals surface area contributed by atoms with Crippen molar-refractivity contribution >= 4 is 52.3 Å². The first-order chi connectivity index (χ1) is 9.70. The number of hydrogen-bond acceptors (Lipinski definition) is 4. The number of aromatic nitrogens is 2. The lowest BCUT2D eigenvalue weighted by atomic mass is 10.2. The molecule has 0 spiro atoms. The van der Waals surface area contributed by atoms with E-state index in [1.54, 1.807) is 0 Å². The average molecular weight is 368 g/mol. The van der Waals surface area contributed by atoms with Crippen molar-refractivity contribution in [2.45, 2.75) is 40.0 Å². The van der Waals surface area contributed by atoms with E-state index in [0.717, 1.165) is 30.9 Å². The second-order valence-corrected chi connectivity index (χ2v) is 9.89. The van der Waals surface area contributed by atoms with Gasteiger partial charge in [0, 0.05) is 15.4 Å². The van der Waals surface area contributed by atoms with Gasteiger partial charge in [-0.25, -0.2) is 4.98 Å². The van der Waals surface area contributed by atoms with Gasteiger partial charge < -0.3 is 9.79 Å². The lowest BCUT2D eigenvalue weighted by Crippen LogP contribution is -2.20. The zero-order chi connectivity index (χ0) is 13.7.